The largest absolute Gasteiger partial charge is 0.356 e. The second-order valence-electron chi connectivity index (χ2n) is 4.56. The first-order valence-electron chi connectivity index (χ1n) is 8.15. The van der Waals surface area contributed by atoms with Crippen molar-refractivity contribution in [2.24, 2.45) is 0 Å². The van der Waals surface area contributed by atoms with Crippen LogP contribution in [-0.2, 0) is 28.4 Å². The molecule has 0 saturated heterocycles. The van der Waals surface area contributed by atoms with Gasteiger partial charge in [-0.25, -0.2) is 0 Å². The molecule has 134 valence electrons. The molecule has 0 spiro atoms. The van der Waals surface area contributed by atoms with Crippen LogP contribution in [0.4, 0.5) is 0 Å². The Balaban J connectivity index is 3.72. The standard InChI is InChI=1S/C15H33NO6/c1-4-17-13-20-10-7-16(8-11-21-14-18-5-2)9-12-22-15-19-6-3/h4-15H2,1-3H3/p+1. The van der Waals surface area contributed by atoms with Gasteiger partial charge in [0.05, 0.1) is 19.8 Å². The lowest BCUT2D eigenvalue weighted by molar-refractivity contribution is -0.901. The summed E-state index contributed by atoms with van der Waals surface area (Å²) in [6.45, 7) is 13.6. The molecule has 0 aliphatic heterocycles. The van der Waals surface area contributed by atoms with Crippen LogP contribution in [0.1, 0.15) is 20.8 Å². The number of ether oxygens (including phenoxy) is 6. The lowest BCUT2D eigenvalue weighted by Crippen LogP contribution is -3.13. The van der Waals surface area contributed by atoms with Crippen molar-refractivity contribution in [3.63, 3.8) is 0 Å². The average Bonchev–Trinajstić information content (AvgIpc) is 2.53. The van der Waals surface area contributed by atoms with E-state index in [0.29, 0.717) is 60.0 Å². The van der Waals surface area contributed by atoms with Crippen LogP contribution in [0.25, 0.3) is 0 Å². The van der Waals surface area contributed by atoms with E-state index in [9.17, 15) is 0 Å². The molecule has 7 heteroatoms. The molecule has 22 heavy (non-hydrogen) atoms. The van der Waals surface area contributed by atoms with E-state index < -0.39 is 0 Å². The molecule has 0 heterocycles. The number of hydrogen-bond acceptors (Lipinski definition) is 6. The summed E-state index contributed by atoms with van der Waals surface area (Å²) in [7, 11) is 0. The second kappa shape index (κ2) is 18.8. The molecule has 0 unspecified atom stereocenters. The Bertz CT molecular complexity index is 175. The number of nitrogens with one attached hydrogen (secondary N) is 1. The third-order valence-electron chi connectivity index (χ3n) is 2.91. The van der Waals surface area contributed by atoms with Gasteiger partial charge in [-0.3, -0.25) is 0 Å². The zero-order valence-electron chi connectivity index (χ0n) is 14.4. The molecule has 0 aliphatic rings. The molecule has 0 amide bonds. The van der Waals surface area contributed by atoms with Crippen LogP contribution >= 0.6 is 0 Å². The molecule has 1 N–H and O–H groups in total. The number of quaternary nitrogens is 1. The molecule has 0 atom stereocenters. The van der Waals surface area contributed by atoms with E-state index in [-0.39, 0.29) is 0 Å². The van der Waals surface area contributed by atoms with Crippen LogP contribution in [0.5, 0.6) is 0 Å². The minimum absolute atomic E-state index is 0.353. The van der Waals surface area contributed by atoms with Crippen LogP contribution in [-0.4, -0.2) is 79.7 Å². The van der Waals surface area contributed by atoms with Crippen LogP contribution < -0.4 is 4.90 Å². The van der Waals surface area contributed by atoms with Gasteiger partial charge in [0.25, 0.3) is 0 Å². The molecule has 0 aromatic rings. The molecule has 0 aromatic heterocycles. The first kappa shape index (κ1) is 21.7. The highest BCUT2D eigenvalue weighted by atomic mass is 16.7. The Morgan fingerprint density at radius 2 is 0.818 bits per heavy atom. The van der Waals surface area contributed by atoms with Crippen molar-refractivity contribution in [3.05, 3.63) is 0 Å². The maximum absolute atomic E-state index is 5.42. The number of hydrogen-bond donors (Lipinski definition) is 1. The van der Waals surface area contributed by atoms with E-state index in [0.717, 1.165) is 19.6 Å². The van der Waals surface area contributed by atoms with Gasteiger partial charge < -0.3 is 33.3 Å². The Hall–Kier alpha value is -0.280. The van der Waals surface area contributed by atoms with Gasteiger partial charge in [-0.05, 0) is 20.8 Å². The maximum Gasteiger partial charge on any atom is 0.146 e. The van der Waals surface area contributed by atoms with Crippen molar-refractivity contribution in [3.8, 4) is 0 Å². The van der Waals surface area contributed by atoms with Gasteiger partial charge in [0, 0.05) is 19.8 Å². The molecule has 0 saturated carbocycles. The summed E-state index contributed by atoms with van der Waals surface area (Å²) < 4.78 is 31.7. The van der Waals surface area contributed by atoms with Crippen LogP contribution in [0.2, 0.25) is 0 Å². The minimum Gasteiger partial charge on any atom is -0.356 e. The average molecular weight is 324 g/mol. The summed E-state index contributed by atoms with van der Waals surface area (Å²) in [5.41, 5.74) is 0. The zero-order valence-corrected chi connectivity index (χ0v) is 14.4. The van der Waals surface area contributed by atoms with Crippen molar-refractivity contribution in [1.29, 1.82) is 0 Å². The monoisotopic (exact) mass is 324 g/mol. The first-order valence-corrected chi connectivity index (χ1v) is 8.15. The highest BCUT2D eigenvalue weighted by Gasteiger charge is 2.08. The fraction of sp³-hybridized carbons (Fsp3) is 1.00. The van der Waals surface area contributed by atoms with Crippen molar-refractivity contribution < 1.29 is 33.3 Å². The van der Waals surface area contributed by atoms with E-state index in [1.807, 2.05) is 20.8 Å². The Labute approximate surface area is 134 Å². The molecule has 0 radical (unpaired) electrons. The molecule has 7 nitrogen and oxygen atoms in total. The lowest BCUT2D eigenvalue weighted by Gasteiger charge is -2.19. The smallest absolute Gasteiger partial charge is 0.146 e. The second-order valence-corrected chi connectivity index (χ2v) is 4.56. The summed E-state index contributed by atoms with van der Waals surface area (Å²) >= 11 is 0. The minimum atomic E-state index is 0.353. The summed E-state index contributed by atoms with van der Waals surface area (Å²) in [5.74, 6) is 0. The quantitative estimate of drug-likeness (QED) is 0.281. The fourth-order valence-electron chi connectivity index (χ4n) is 1.63. The summed E-state index contributed by atoms with van der Waals surface area (Å²) in [4.78, 5) is 1.37. The topological polar surface area (TPSA) is 59.8 Å². The molecule has 0 rings (SSSR count). The van der Waals surface area contributed by atoms with Crippen LogP contribution in [0.15, 0.2) is 0 Å². The molecular weight excluding hydrogens is 290 g/mol. The summed E-state index contributed by atoms with van der Waals surface area (Å²) in [5, 5.41) is 0. The van der Waals surface area contributed by atoms with Gasteiger partial charge >= 0.3 is 0 Å². The third kappa shape index (κ3) is 16.1. The van der Waals surface area contributed by atoms with Gasteiger partial charge in [0.15, 0.2) is 0 Å². The summed E-state index contributed by atoms with van der Waals surface area (Å²) in [6.07, 6.45) is 0. The van der Waals surface area contributed by atoms with Crippen LogP contribution in [0.3, 0.4) is 0 Å². The first-order chi connectivity index (χ1) is 10.8. The molecule has 0 bridgehead atoms. The Morgan fingerprint density at radius 1 is 0.500 bits per heavy atom. The van der Waals surface area contributed by atoms with Gasteiger partial charge in [-0.15, -0.1) is 0 Å². The Kier molecular flexibility index (Phi) is 18.5. The van der Waals surface area contributed by atoms with Crippen molar-refractivity contribution >= 4 is 0 Å². The van der Waals surface area contributed by atoms with E-state index in [1.54, 1.807) is 0 Å². The van der Waals surface area contributed by atoms with Crippen molar-refractivity contribution in [2.45, 2.75) is 20.8 Å². The fourth-order valence-corrected chi connectivity index (χ4v) is 1.63. The SMILES string of the molecule is CCOCOCC[NH+](CCOCOCC)CCOCOCC. The Morgan fingerprint density at radius 3 is 1.09 bits per heavy atom. The van der Waals surface area contributed by atoms with Crippen LogP contribution in [0, 0.1) is 0 Å². The predicted octanol–water partition coefficient (Wildman–Crippen LogP) is -0.0969. The van der Waals surface area contributed by atoms with Crippen molar-refractivity contribution in [1.82, 2.24) is 0 Å². The summed E-state index contributed by atoms with van der Waals surface area (Å²) in [6, 6.07) is 0. The maximum atomic E-state index is 5.42. The van der Waals surface area contributed by atoms with Gasteiger partial charge in [0.1, 0.15) is 40.0 Å². The van der Waals surface area contributed by atoms with E-state index in [4.69, 9.17) is 28.4 Å². The zero-order chi connectivity index (χ0) is 16.3. The highest BCUT2D eigenvalue weighted by Crippen LogP contribution is 1.79. The highest BCUT2D eigenvalue weighted by molar-refractivity contribution is 4.33. The lowest BCUT2D eigenvalue weighted by atomic mass is 10.4. The van der Waals surface area contributed by atoms with E-state index in [1.165, 1.54) is 4.90 Å². The van der Waals surface area contributed by atoms with Gasteiger partial charge in [-0.2, -0.15) is 0 Å². The van der Waals surface area contributed by atoms with E-state index >= 15 is 0 Å². The van der Waals surface area contributed by atoms with Crippen molar-refractivity contribution in [2.75, 3.05) is 79.7 Å². The normalized spacial score (nSPS) is 11.5. The molecule has 0 aliphatic carbocycles. The van der Waals surface area contributed by atoms with E-state index in [2.05, 4.69) is 0 Å². The predicted molar refractivity (Wildman–Crippen MR) is 82.9 cm³/mol. The number of rotatable bonds is 18. The molecule has 0 fully saturated rings. The van der Waals surface area contributed by atoms with Gasteiger partial charge in [0.2, 0.25) is 0 Å². The molecular formula is C15H34NO6+. The van der Waals surface area contributed by atoms with Gasteiger partial charge in [-0.1, -0.05) is 0 Å². The molecule has 0 aromatic carbocycles. The third-order valence-corrected chi connectivity index (χ3v) is 2.91.